The van der Waals surface area contributed by atoms with Gasteiger partial charge in [0.15, 0.2) is 0 Å². The summed E-state index contributed by atoms with van der Waals surface area (Å²) in [5.41, 5.74) is 5.17. The molecular weight excluding hydrogens is 306 g/mol. The Morgan fingerprint density at radius 3 is 2.88 bits per heavy atom. The van der Waals surface area contributed by atoms with Crippen LogP contribution in [-0.2, 0) is 6.42 Å². The van der Waals surface area contributed by atoms with Crippen LogP contribution in [0.3, 0.4) is 0 Å². The standard InChI is InChI=1S/C18H17N3O3/c1-9-7-13-16(21-18(23)19-13)15(10(9)2)20-17(22)12-3-4-14-11(8-12)5-6-24-14/h3-4,7-8H,5-6H2,1-2H3,(H,20,22)(H2,19,21,23). The number of rotatable bonds is 2. The Morgan fingerprint density at radius 1 is 1.21 bits per heavy atom. The molecule has 4 rings (SSSR count). The fraction of sp³-hybridized carbons (Fsp3) is 0.222. The number of aromatic nitrogens is 2. The van der Waals surface area contributed by atoms with Crippen LogP contribution in [0.4, 0.5) is 5.69 Å². The van der Waals surface area contributed by atoms with E-state index in [1.807, 2.05) is 32.0 Å². The highest BCUT2D eigenvalue weighted by molar-refractivity contribution is 6.09. The number of nitrogens with one attached hydrogen (secondary N) is 3. The van der Waals surface area contributed by atoms with Crippen LogP contribution in [0.15, 0.2) is 29.1 Å². The maximum atomic E-state index is 12.7. The van der Waals surface area contributed by atoms with Crippen LogP contribution in [0.5, 0.6) is 5.75 Å². The van der Waals surface area contributed by atoms with Crippen molar-refractivity contribution in [1.82, 2.24) is 9.97 Å². The molecule has 2 heterocycles. The molecule has 0 atom stereocenters. The summed E-state index contributed by atoms with van der Waals surface area (Å²) in [5.74, 6) is 0.636. The number of fused-ring (bicyclic) bond motifs is 2. The fourth-order valence-corrected chi connectivity index (χ4v) is 3.08. The number of imidazole rings is 1. The van der Waals surface area contributed by atoms with Crippen LogP contribution in [0.1, 0.15) is 27.0 Å². The number of anilines is 1. The number of hydrogen-bond donors (Lipinski definition) is 3. The number of carbonyl (C=O) groups is 1. The van der Waals surface area contributed by atoms with Crippen LogP contribution in [0, 0.1) is 13.8 Å². The number of aryl methyl sites for hydroxylation is 1. The molecule has 3 aromatic rings. The third-order valence-electron chi connectivity index (χ3n) is 4.52. The Kier molecular flexibility index (Phi) is 3.19. The van der Waals surface area contributed by atoms with E-state index in [1.165, 1.54) is 0 Å². The van der Waals surface area contributed by atoms with Crippen LogP contribution in [0.25, 0.3) is 11.0 Å². The number of hydrogen-bond acceptors (Lipinski definition) is 3. The second-order valence-corrected chi connectivity index (χ2v) is 6.07. The Morgan fingerprint density at radius 2 is 2.04 bits per heavy atom. The fourth-order valence-electron chi connectivity index (χ4n) is 3.08. The minimum atomic E-state index is -0.292. The van der Waals surface area contributed by atoms with E-state index in [0.29, 0.717) is 28.9 Å². The smallest absolute Gasteiger partial charge is 0.323 e. The molecule has 1 aliphatic rings. The quantitative estimate of drug-likeness (QED) is 0.677. The van der Waals surface area contributed by atoms with E-state index in [1.54, 1.807) is 6.07 Å². The lowest BCUT2D eigenvalue weighted by atomic mass is 10.0. The van der Waals surface area contributed by atoms with Gasteiger partial charge in [-0.15, -0.1) is 0 Å². The lowest BCUT2D eigenvalue weighted by Gasteiger charge is -2.12. The van der Waals surface area contributed by atoms with E-state index in [-0.39, 0.29) is 11.6 Å². The molecule has 1 aliphatic heterocycles. The molecular formula is C18H17N3O3. The predicted octanol–water partition coefficient (Wildman–Crippen LogP) is 2.66. The molecule has 6 heteroatoms. The summed E-state index contributed by atoms with van der Waals surface area (Å²) in [5, 5.41) is 2.94. The zero-order valence-corrected chi connectivity index (χ0v) is 13.4. The third kappa shape index (κ3) is 2.27. The molecule has 6 nitrogen and oxygen atoms in total. The monoisotopic (exact) mass is 323 g/mol. The second-order valence-electron chi connectivity index (χ2n) is 6.07. The van der Waals surface area contributed by atoms with Gasteiger partial charge in [-0.2, -0.15) is 0 Å². The molecule has 0 aliphatic carbocycles. The van der Waals surface area contributed by atoms with Crippen molar-refractivity contribution in [3.63, 3.8) is 0 Å². The summed E-state index contributed by atoms with van der Waals surface area (Å²) in [6.45, 7) is 4.53. The van der Waals surface area contributed by atoms with Gasteiger partial charge in [0.1, 0.15) is 5.75 Å². The molecule has 1 amide bonds. The minimum Gasteiger partial charge on any atom is -0.493 e. The minimum absolute atomic E-state index is 0.207. The van der Waals surface area contributed by atoms with Crippen molar-refractivity contribution >= 4 is 22.6 Å². The topological polar surface area (TPSA) is 87.0 Å². The van der Waals surface area contributed by atoms with Crippen molar-refractivity contribution in [2.75, 3.05) is 11.9 Å². The van der Waals surface area contributed by atoms with E-state index in [9.17, 15) is 9.59 Å². The number of H-pyrrole nitrogens is 2. The first kappa shape index (κ1) is 14.6. The van der Waals surface area contributed by atoms with Crippen molar-refractivity contribution in [2.24, 2.45) is 0 Å². The highest BCUT2D eigenvalue weighted by Crippen LogP contribution is 2.29. The average Bonchev–Trinajstić information content (AvgIpc) is 3.16. The average molecular weight is 323 g/mol. The number of ether oxygens (including phenoxy) is 1. The van der Waals surface area contributed by atoms with Gasteiger partial charge >= 0.3 is 5.69 Å². The number of benzene rings is 2. The second kappa shape index (κ2) is 5.26. The molecule has 0 saturated heterocycles. The molecule has 0 bridgehead atoms. The van der Waals surface area contributed by atoms with Crippen molar-refractivity contribution in [3.05, 3.63) is 57.0 Å². The molecule has 0 radical (unpaired) electrons. The Labute approximate surface area is 137 Å². The number of aromatic amines is 2. The maximum Gasteiger partial charge on any atom is 0.323 e. The summed E-state index contributed by atoms with van der Waals surface area (Å²) in [6, 6.07) is 7.33. The lowest BCUT2D eigenvalue weighted by Crippen LogP contribution is -2.14. The highest BCUT2D eigenvalue weighted by atomic mass is 16.5. The lowest BCUT2D eigenvalue weighted by molar-refractivity contribution is 0.102. The van der Waals surface area contributed by atoms with Crippen molar-refractivity contribution in [2.45, 2.75) is 20.3 Å². The van der Waals surface area contributed by atoms with Gasteiger partial charge in [-0.3, -0.25) is 4.79 Å². The van der Waals surface area contributed by atoms with Gasteiger partial charge in [0, 0.05) is 12.0 Å². The van der Waals surface area contributed by atoms with Gasteiger partial charge in [0.05, 0.1) is 23.3 Å². The highest BCUT2D eigenvalue weighted by Gasteiger charge is 2.17. The van der Waals surface area contributed by atoms with E-state index in [0.717, 1.165) is 28.9 Å². The SMILES string of the molecule is Cc1cc2[nH]c(=O)[nH]c2c(NC(=O)c2ccc3c(c2)CCO3)c1C. The van der Waals surface area contributed by atoms with Gasteiger partial charge in [0.2, 0.25) is 0 Å². The Balaban J connectivity index is 1.75. The van der Waals surface area contributed by atoms with Gasteiger partial charge in [-0.05, 0) is 54.8 Å². The maximum absolute atomic E-state index is 12.7. The summed E-state index contributed by atoms with van der Waals surface area (Å²) >= 11 is 0. The van der Waals surface area contributed by atoms with Crippen molar-refractivity contribution < 1.29 is 9.53 Å². The molecule has 2 aromatic carbocycles. The van der Waals surface area contributed by atoms with E-state index >= 15 is 0 Å². The first-order chi connectivity index (χ1) is 11.5. The largest absolute Gasteiger partial charge is 0.493 e. The predicted molar refractivity (Wildman–Crippen MR) is 92.0 cm³/mol. The van der Waals surface area contributed by atoms with E-state index < -0.39 is 0 Å². The first-order valence-corrected chi connectivity index (χ1v) is 7.82. The molecule has 24 heavy (non-hydrogen) atoms. The van der Waals surface area contributed by atoms with Crippen LogP contribution < -0.4 is 15.7 Å². The van der Waals surface area contributed by atoms with Gasteiger partial charge in [-0.1, -0.05) is 0 Å². The molecule has 0 spiro atoms. The number of carbonyl (C=O) groups excluding carboxylic acids is 1. The molecule has 3 N–H and O–H groups in total. The van der Waals surface area contributed by atoms with E-state index in [4.69, 9.17) is 4.74 Å². The Hall–Kier alpha value is -3.02. The summed E-state index contributed by atoms with van der Waals surface area (Å²) in [4.78, 5) is 29.8. The van der Waals surface area contributed by atoms with Crippen molar-refractivity contribution in [1.29, 1.82) is 0 Å². The zero-order chi connectivity index (χ0) is 16.8. The van der Waals surface area contributed by atoms with Crippen LogP contribution in [-0.4, -0.2) is 22.5 Å². The zero-order valence-electron chi connectivity index (χ0n) is 13.4. The molecule has 0 fully saturated rings. The summed E-state index contributed by atoms with van der Waals surface area (Å²) in [6.07, 6.45) is 0.815. The Bertz CT molecular complexity index is 1030. The number of amides is 1. The van der Waals surface area contributed by atoms with Gasteiger partial charge < -0.3 is 20.0 Å². The molecule has 122 valence electrons. The van der Waals surface area contributed by atoms with E-state index in [2.05, 4.69) is 15.3 Å². The summed E-state index contributed by atoms with van der Waals surface area (Å²) in [7, 11) is 0. The van der Waals surface area contributed by atoms with Crippen LogP contribution in [0.2, 0.25) is 0 Å². The normalized spacial score (nSPS) is 12.9. The third-order valence-corrected chi connectivity index (χ3v) is 4.52. The van der Waals surface area contributed by atoms with Gasteiger partial charge in [0.25, 0.3) is 5.91 Å². The molecule has 0 unspecified atom stereocenters. The van der Waals surface area contributed by atoms with Crippen molar-refractivity contribution in [3.8, 4) is 5.75 Å². The first-order valence-electron chi connectivity index (χ1n) is 7.82. The molecule has 1 aromatic heterocycles. The van der Waals surface area contributed by atoms with Crippen LogP contribution >= 0.6 is 0 Å². The summed E-state index contributed by atoms with van der Waals surface area (Å²) < 4.78 is 5.47. The van der Waals surface area contributed by atoms with Gasteiger partial charge in [-0.25, -0.2) is 4.79 Å². The molecule has 0 saturated carbocycles.